The molecule has 4 heterocycles. The van der Waals surface area contributed by atoms with Gasteiger partial charge in [0.1, 0.15) is 11.5 Å². The van der Waals surface area contributed by atoms with E-state index in [1.165, 1.54) is 18.3 Å². The van der Waals surface area contributed by atoms with Gasteiger partial charge in [0.05, 0.1) is 0 Å². The van der Waals surface area contributed by atoms with E-state index < -0.39 is 11.9 Å². The van der Waals surface area contributed by atoms with Crippen molar-refractivity contribution in [3.63, 3.8) is 0 Å². The summed E-state index contributed by atoms with van der Waals surface area (Å²) in [4.78, 5) is 12.3. The molecule has 1 saturated heterocycles. The summed E-state index contributed by atoms with van der Waals surface area (Å²) < 4.78 is 54.6. The first-order valence-electron chi connectivity index (χ1n) is 11.9. The molecule has 3 aromatic rings. The Hall–Kier alpha value is -3.37. The second-order valence-corrected chi connectivity index (χ2v) is 9.51. The Morgan fingerprint density at radius 3 is 2.40 bits per heavy atom. The van der Waals surface area contributed by atoms with Gasteiger partial charge in [0.15, 0.2) is 0 Å². The number of rotatable bonds is 4. The van der Waals surface area contributed by atoms with Crippen LogP contribution < -0.4 is 15.1 Å². The van der Waals surface area contributed by atoms with E-state index in [1.54, 1.807) is 18.2 Å². The Morgan fingerprint density at radius 1 is 0.943 bits per heavy atom. The van der Waals surface area contributed by atoms with Gasteiger partial charge in [0.2, 0.25) is 11.9 Å². The van der Waals surface area contributed by atoms with Gasteiger partial charge in [-0.3, -0.25) is 4.98 Å². The Balaban J connectivity index is 1.18. The van der Waals surface area contributed by atoms with Crippen LogP contribution in [0.2, 0.25) is 0 Å². The maximum atomic E-state index is 13.4. The van der Waals surface area contributed by atoms with Gasteiger partial charge in [-0.25, -0.2) is 9.07 Å². The Morgan fingerprint density at radius 2 is 1.69 bits per heavy atom. The molecule has 2 fully saturated rings. The van der Waals surface area contributed by atoms with Crippen LogP contribution >= 0.6 is 0 Å². The smallest absolute Gasteiger partial charge is 0.371 e. The molecule has 0 amide bonds. The van der Waals surface area contributed by atoms with Crippen molar-refractivity contribution in [2.75, 3.05) is 34.8 Å². The fraction of sp³-hybridized carbons (Fsp3) is 0.458. The normalized spacial score (nSPS) is 23.9. The van der Waals surface area contributed by atoms with Gasteiger partial charge in [-0.2, -0.15) is 18.2 Å². The van der Waals surface area contributed by atoms with Crippen LogP contribution in [0.4, 0.5) is 40.8 Å². The second kappa shape index (κ2) is 8.39. The average Bonchev–Trinajstić information content (AvgIpc) is 3.35. The fourth-order valence-electron chi connectivity index (χ4n) is 5.68. The van der Waals surface area contributed by atoms with Crippen molar-refractivity contribution in [3.05, 3.63) is 54.1 Å². The lowest BCUT2D eigenvalue weighted by molar-refractivity contribution is -0.141. The first-order chi connectivity index (χ1) is 16.8. The monoisotopic (exact) mass is 487 g/mol. The molecule has 3 aliphatic rings. The molecule has 2 aliphatic heterocycles. The molecule has 1 aromatic carbocycles. The maximum Gasteiger partial charge on any atom is 0.433 e. The minimum atomic E-state index is -4.46. The quantitative estimate of drug-likeness (QED) is 0.539. The molecule has 2 atom stereocenters. The Labute approximate surface area is 199 Å². The number of nitrogens with one attached hydrogen (secondary N) is 1. The number of hydrogen-bond acceptors (Lipinski definition) is 6. The lowest BCUT2D eigenvalue weighted by Gasteiger charge is -2.39. The van der Waals surface area contributed by atoms with E-state index in [0.717, 1.165) is 50.1 Å². The summed E-state index contributed by atoms with van der Waals surface area (Å²) in [6.07, 6.45) is -0.307. The molecule has 2 aromatic heterocycles. The molecule has 1 aliphatic carbocycles. The zero-order valence-corrected chi connectivity index (χ0v) is 18.9. The summed E-state index contributed by atoms with van der Waals surface area (Å²) in [5.74, 6) is 1.58. The molecule has 0 radical (unpaired) electrons. The molecule has 1 N–H and O–H groups in total. The molecular weight excluding hydrogens is 462 g/mol. The van der Waals surface area contributed by atoms with Gasteiger partial charge in [-0.05, 0) is 67.5 Å². The topological polar surface area (TPSA) is 62.1 Å². The number of pyridine rings is 1. The molecule has 2 bridgehead atoms. The lowest BCUT2D eigenvalue weighted by Crippen LogP contribution is -2.48. The van der Waals surface area contributed by atoms with Crippen LogP contribution in [0.1, 0.15) is 25.0 Å². The second-order valence-electron chi connectivity index (χ2n) is 9.51. The van der Waals surface area contributed by atoms with Crippen LogP contribution in [-0.2, 0) is 12.7 Å². The number of alkyl halides is 3. The largest absolute Gasteiger partial charge is 0.433 e. The number of anilines is 4. The highest BCUT2D eigenvalue weighted by molar-refractivity contribution is 5.59. The number of piperidine rings is 1. The minimum Gasteiger partial charge on any atom is -0.371 e. The first-order valence-corrected chi connectivity index (χ1v) is 11.9. The SMILES string of the molecule is Fc1ccc(N2CCCn3nc(NC4[C@@H]5CC[C@@H]4CN(c4ccnc(C(F)(F)F)c4)C5)nc32)cc1. The van der Waals surface area contributed by atoms with Crippen molar-refractivity contribution < 1.29 is 17.6 Å². The molecule has 0 unspecified atom stereocenters. The van der Waals surface area contributed by atoms with Crippen molar-refractivity contribution in [2.45, 2.75) is 38.0 Å². The van der Waals surface area contributed by atoms with Gasteiger partial charge in [-0.15, -0.1) is 5.10 Å². The van der Waals surface area contributed by atoms with Crippen molar-refractivity contribution in [1.82, 2.24) is 19.7 Å². The molecule has 184 valence electrons. The number of aryl methyl sites for hydroxylation is 1. The van der Waals surface area contributed by atoms with Gasteiger partial charge in [0, 0.05) is 49.8 Å². The fourth-order valence-corrected chi connectivity index (χ4v) is 5.68. The third kappa shape index (κ3) is 4.17. The van der Waals surface area contributed by atoms with E-state index in [9.17, 15) is 17.6 Å². The van der Waals surface area contributed by atoms with Crippen LogP contribution in [0.3, 0.4) is 0 Å². The van der Waals surface area contributed by atoms with E-state index in [-0.39, 0.29) is 23.7 Å². The van der Waals surface area contributed by atoms with Crippen molar-refractivity contribution in [3.8, 4) is 0 Å². The van der Waals surface area contributed by atoms with Gasteiger partial charge in [0.25, 0.3) is 0 Å². The molecular formula is C24H25F4N7. The molecule has 6 rings (SSSR count). The Bertz CT molecular complexity index is 1200. The van der Waals surface area contributed by atoms with E-state index in [1.807, 2.05) is 14.5 Å². The highest BCUT2D eigenvalue weighted by atomic mass is 19.4. The number of aromatic nitrogens is 4. The van der Waals surface area contributed by atoms with Crippen LogP contribution in [0.5, 0.6) is 0 Å². The van der Waals surface area contributed by atoms with Crippen LogP contribution in [0, 0.1) is 17.7 Å². The van der Waals surface area contributed by atoms with E-state index in [4.69, 9.17) is 4.98 Å². The highest BCUT2D eigenvalue weighted by Crippen LogP contribution is 2.41. The van der Waals surface area contributed by atoms with Crippen molar-refractivity contribution >= 4 is 23.3 Å². The van der Waals surface area contributed by atoms with E-state index in [0.29, 0.717) is 24.7 Å². The standard InChI is InChI=1S/C24H25F4N7/c25-17-4-6-18(7-5-17)34-10-1-11-35-23(34)31-22(32-35)30-21-15-2-3-16(21)14-33(13-15)19-8-9-29-20(12-19)24(26,27)28/h4-9,12,15-16,21H,1-3,10-11,13-14H2,(H,30,32)/t15-,16-/m1/s1. The third-order valence-corrected chi connectivity index (χ3v) is 7.31. The van der Waals surface area contributed by atoms with E-state index in [2.05, 4.69) is 15.4 Å². The van der Waals surface area contributed by atoms with Crippen molar-refractivity contribution in [2.24, 2.45) is 11.8 Å². The van der Waals surface area contributed by atoms with Gasteiger partial charge in [-0.1, -0.05) is 0 Å². The summed E-state index contributed by atoms with van der Waals surface area (Å²) in [7, 11) is 0. The summed E-state index contributed by atoms with van der Waals surface area (Å²) >= 11 is 0. The number of halogens is 4. The molecule has 1 saturated carbocycles. The number of benzene rings is 1. The molecule has 7 nitrogen and oxygen atoms in total. The number of fused-ring (bicyclic) bond motifs is 3. The van der Waals surface area contributed by atoms with Gasteiger partial charge < -0.3 is 15.1 Å². The highest BCUT2D eigenvalue weighted by Gasteiger charge is 2.43. The van der Waals surface area contributed by atoms with Crippen LogP contribution in [-0.4, -0.2) is 45.4 Å². The Kier molecular flexibility index (Phi) is 5.30. The predicted octanol–water partition coefficient (Wildman–Crippen LogP) is 4.70. The lowest BCUT2D eigenvalue weighted by atomic mass is 9.92. The zero-order valence-electron chi connectivity index (χ0n) is 18.9. The summed E-state index contributed by atoms with van der Waals surface area (Å²) in [6.45, 7) is 2.88. The molecule has 11 heteroatoms. The van der Waals surface area contributed by atoms with Crippen LogP contribution in [0.25, 0.3) is 0 Å². The number of nitrogens with zero attached hydrogens (tertiary/aromatic N) is 6. The van der Waals surface area contributed by atoms with Gasteiger partial charge >= 0.3 is 6.18 Å². The maximum absolute atomic E-state index is 13.4. The molecule has 35 heavy (non-hydrogen) atoms. The minimum absolute atomic E-state index is 0.166. The predicted molar refractivity (Wildman–Crippen MR) is 123 cm³/mol. The summed E-state index contributed by atoms with van der Waals surface area (Å²) in [6, 6.07) is 9.32. The van der Waals surface area contributed by atoms with Crippen LogP contribution in [0.15, 0.2) is 42.6 Å². The number of hydrogen-bond donors (Lipinski definition) is 1. The molecule has 0 spiro atoms. The summed E-state index contributed by atoms with van der Waals surface area (Å²) in [5, 5.41) is 8.22. The average molecular weight is 488 g/mol. The van der Waals surface area contributed by atoms with Crippen molar-refractivity contribution in [1.29, 1.82) is 0 Å². The third-order valence-electron chi connectivity index (χ3n) is 7.31. The van der Waals surface area contributed by atoms with E-state index >= 15 is 0 Å². The summed E-state index contributed by atoms with van der Waals surface area (Å²) in [5.41, 5.74) is 0.574. The zero-order chi connectivity index (χ0) is 24.2. The first kappa shape index (κ1) is 22.1.